The first-order chi connectivity index (χ1) is 8.75. The Morgan fingerprint density at radius 3 is 3.05 bits per heavy atom. The average molecular weight is 326 g/mol. The summed E-state index contributed by atoms with van der Waals surface area (Å²) in [6.45, 7) is 0.756. The zero-order valence-electron chi connectivity index (χ0n) is 10.4. The smallest absolute Gasteiger partial charge is 0.226 e. The van der Waals surface area contributed by atoms with Gasteiger partial charge in [-0.15, -0.1) is 0 Å². The highest BCUT2D eigenvalue weighted by atomic mass is 79.9. The number of nitrogens with two attached hydrogens (primary N) is 1. The molecule has 0 bridgehead atoms. The van der Waals surface area contributed by atoms with Crippen molar-refractivity contribution < 1.29 is 31.5 Å². The summed E-state index contributed by atoms with van der Waals surface area (Å²) in [7, 11) is 0. The molecule has 3 heterocycles. The highest BCUT2D eigenvalue weighted by molar-refractivity contribution is 5.88. The van der Waals surface area contributed by atoms with Crippen LogP contribution in [0.2, 0.25) is 0 Å². The molecule has 3 rings (SSSR count). The number of ether oxygens (including phenoxy) is 1. The lowest BCUT2D eigenvalue weighted by atomic mass is 10.0. The summed E-state index contributed by atoms with van der Waals surface area (Å²) in [6, 6.07) is 1.83. The van der Waals surface area contributed by atoms with E-state index in [1.165, 1.54) is 0 Å². The van der Waals surface area contributed by atoms with Gasteiger partial charge in [-0.25, -0.2) is 4.98 Å². The van der Waals surface area contributed by atoms with Crippen molar-refractivity contribution in [2.75, 3.05) is 6.54 Å². The Balaban J connectivity index is 0.00000133. The van der Waals surface area contributed by atoms with E-state index in [1.54, 1.807) is 12.3 Å². The fraction of sp³-hybridized carbons (Fsp3) is 0.385. The van der Waals surface area contributed by atoms with Gasteiger partial charge in [-0.05, 0) is 18.9 Å². The molecule has 6 heteroatoms. The maximum Gasteiger partial charge on any atom is 0.226 e. The number of hydrogen-bond acceptors (Lipinski definition) is 3. The van der Waals surface area contributed by atoms with Gasteiger partial charge in [-0.3, -0.25) is 10.5 Å². The molecule has 1 unspecified atom stereocenters. The van der Waals surface area contributed by atoms with Crippen molar-refractivity contribution in [3.05, 3.63) is 30.1 Å². The lowest BCUT2D eigenvalue weighted by molar-refractivity contribution is -0.378. The monoisotopic (exact) mass is 325 g/mol. The molecule has 1 aromatic heterocycles. The van der Waals surface area contributed by atoms with Gasteiger partial charge in [0.25, 0.3) is 0 Å². The summed E-state index contributed by atoms with van der Waals surface area (Å²) >= 11 is 0. The Morgan fingerprint density at radius 2 is 2.26 bits per heavy atom. The van der Waals surface area contributed by atoms with Gasteiger partial charge in [0.2, 0.25) is 5.91 Å². The zero-order valence-corrected chi connectivity index (χ0v) is 12.0. The van der Waals surface area contributed by atoms with E-state index in [1.807, 2.05) is 17.2 Å². The summed E-state index contributed by atoms with van der Waals surface area (Å²) in [5.74, 6) is 0.883. The summed E-state index contributed by atoms with van der Waals surface area (Å²) < 4.78 is 5.53. The number of fused-ring (bicyclic) bond motifs is 1. The molecule has 19 heavy (non-hydrogen) atoms. The summed E-state index contributed by atoms with van der Waals surface area (Å²) in [4.78, 5) is 16.8. The molecule has 1 aromatic rings. The molecule has 0 spiro atoms. The van der Waals surface area contributed by atoms with E-state index < -0.39 is 6.23 Å². The van der Waals surface area contributed by atoms with Crippen LogP contribution < -0.4 is 32.4 Å². The minimum absolute atomic E-state index is 0. The number of likely N-dealkylation sites (tertiary alicyclic amines) is 1. The highest BCUT2D eigenvalue weighted by Gasteiger charge is 2.29. The van der Waals surface area contributed by atoms with Crippen molar-refractivity contribution in [3.8, 4) is 5.75 Å². The van der Waals surface area contributed by atoms with E-state index in [0.29, 0.717) is 6.42 Å². The van der Waals surface area contributed by atoms with E-state index in [9.17, 15) is 4.79 Å². The quantitative estimate of drug-likeness (QED) is 0.622. The molecule has 1 atom stereocenters. The Morgan fingerprint density at radius 1 is 1.42 bits per heavy atom. The van der Waals surface area contributed by atoms with Crippen LogP contribution in [0.15, 0.2) is 24.5 Å². The van der Waals surface area contributed by atoms with E-state index in [2.05, 4.69) is 4.98 Å². The Labute approximate surface area is 122 Å². The van der Waals surface area contributed by atoms with Crippen molar-refractivity contribution in [1.82, 2.24) is 4.90 Å². The SMILES string of the molecule is NC1C=C(N2CCCCC2=O)c2c[nH+]ccc2O1.[Br-]. The number of halogens is 1. The van der Waals surface area contributed by atoms with Crippen LogP contribution in [0.25, 0.3) is 5.70 Å². The second-order valence-electron chi connectivity index (χ2n) is 4.56. The highest BCUT2D eigenvalue weighted by Crippen LogP contribution is 2.33. The second-order valence-corrected chi connectivity index (χ2v) is 4.56. The van der Waals surface area contributed by atoms with Crippen LogP contribution in [0.1, 0.15) is 24.8 Å². The molecule has 1 fully saturated rings. The van der Waals surface area contributed by atoms with E-state index in [-0.39, 0.29) is 22.9 Å². The van der Waals surface area contributed by atoms with E-state index in [4.69, 9.17) is 10.5 Å². The van der Waals surface area contributed by atoms with Crippen LogP contribution in [0.5, 0.6) is 5.75 Å². The molecule has 1 saturated heterocycles. The molecule has 0 aliphatic carbocycles. The van der Waals surface area contributed by atoms with Crippen LogP contribution in [0, 0.1) is 0 Å². The van der Waals surface area contributed by atoms with Gasteiger partial charge < -0.3 is 26.6 Å². The van der Waals surface area contributed by atoms with Gasteiger partial charge in [-0.1, -0.05) is 0 Å². The maximum absolute atomic E-state index is 12.0. The fourth-order valence-electron chi connectivity index (χ4n) is 2.44. The molecule has 2 aliphatic rings. The van der Waals surface area contributed by atoms with E-state index in [0.717, 1.165) is 36.4 Å². The molecule has 0 saturated carbocycles. The van der Waals surface area contributed by atoms with Crippen molar-refractivity contribution in [2.24, 2.45) is 5.73 Å². The molecule has 5 nitrogen and oxygen atoms in total. The number of aromatic amines is 1. The largest absolute Gasteiger partial charge is 1.00 e. The van der Waals surface area contributed by atoms with Gasteiger partial charge in [0.15, 0.2) is 18.6 Å². The third-order valence-corrected chi connectivity index (χ3v) is 3.30. The molecular formula is C13H16BrN3O2. The first-order valence-electron chi connectivity index (χ1n) is 6.20. The van der Waals surface area contributed by atoms with Gasteiger partial charge in [0, 0.05) is 19.0 Å². The Kier molecular flexibility index (Phi) is 4.21. The number of nitrogens with one attached hydrogen (secondary N) is 1. The first-order valence-corrected chi connectivity index (χ1v) is 6.20. The minimum atomic E-state index is -0.496. The standard InChI is InChI=1S/C13H15N3O2.BrH/c14-12-7-10(16-6-2-1-3-13(16)17)9-8-15-5-4-11(9)18-12;/h4-5,7-8,12H,1-3,6,14H2;1H. The Bertz CT molecular complexity index is 518. The van der Waals surface area contributed by atoms with Crippen LogP contribution >= 0.6 is 0 Å². The molecule has 1 amide bonds. The van der Waals surface area contributed by atoms with Crippen molar-refractivity contribution in [3.63, 3.8) is 0 Å². The maximum atomic E-state index is 12.0. The third-order valence-electron chi connectivity index (χ3n) is 3.30. The number of amides is 1. The molecular weight excluding hydrogens is 310 g/mol. The number of piperidine rings is 1. The normalized spacial score (nSPS) is 21.9. The fourth-order valence-corrected chi connectivity index (χ4v) is 2.44. The van der Waals surface area contributed by atoms with Gasteiger partial charge in [0.05, 0.1) is 5.70 Å². The van der Waals surface area contributed by atoms with Gasteiger partial charge in [0.1, 0.15) is 11.3 Å². The number of H-pyrrole nitrogens is 1. The predicted octanol–water partition coefficient (Wildman–Crippen LogP) is -2.46. The first kappa shape index (κ1) is 14.0. The average Bonchev–Trinajstić information content (AvgIpc) is 2.38. The summed E-state index contributed by atoms with van der Waals surface area (Å²) in [5, 5.41) is 0. The summed E-state index contributed by atoms with van der Waals surface area (Å²) in [5.41, 5.74) is 7.61. The topological polar surface area (TPSA) is 69.7 Å². The molecule has 0 aromatic carbocycles. The van der Waals surface area contributed by atoms with Gasteiger partial charge >= 0.3 is 0 Å². The van der Waals surface area contributed by atoms with Gasteiger partial charge in [-0.2, -0.15) is 0 Å². The molecule has 2 aliphatic heterocycles. The van der Waals surface area contributed by atoms with Crippen LogP contribution in [-0.4, -0.2) is 23.6 Å². The number of pyridine rings is 1. The number of nitrogens with zero attached hydrogens (tertiary/aromatic N) is 1. The van der Waals surface area contributed by atoms with Crippen molar-refractivity contribution in [1.29, 1.82) is 0 Å². The zero-order chi connectivity index (χ0) is 12.5. The molecule has 0 radical (unpaired) electrons. The molecule has 3 N–H and O–H groups in total. The lowest BCUT2D eigenvalue weighted by Crippen LogP contribution is -3.00. The van der Waals surface area contributed by atoms with Crippen molar-refractivity contribution in [2.45, 2.75) is 25.5 Å². The number of rotatable bonds is 1. The number of aromatic nitrogens is 1. The second kappa shape index (κ2) is 5.71. The lowest BCUT2D eigenvalue weighted by Gasteiger charge is -2.32. The summed E-state index contributed by atoms with van der Waals surface area (Å²) in [6.07, 6.45) is 7.55. The van der Waals surface area contributed by atoms with Crippen molar-refractivity contribution >= 4 is 11.6 Å². The Hall–Kier alpha value is -1.40. The third kappa shape index (κ3) is 2.64. The minimum Gasteiger partial charge on any atom is -1.00 e. The number of carbonyl (C=O) groups is 1. The number of carbonyl (C=O) groups excluding carboxylic acids is 1. The molecule has 102 valence electrons. The van der Waals surface area contributed by atoms with E-state index >= 15 is 0 Å². The van der Waals surface area contributed by atoms with Crippen LogP contribution in [0.3, 0.4) is 0 Å². The number of hydrogen-bond donors (Lipinski definition) is 1. The van der Waals surface area contributed by atoms with Crippen LogP contribution in [0.4, 0.5) is 0 Å². The predicted molar refractivity (Wildman–Crippen MR) is 65.1 cm³/mol. The van der Waals surface area contributed by atoms with Crippen LogP contribution in [-0.2, 0) is 4.79 Å².